The summed E-state index contributed by atoms with van der Waals surface area (Å²) >= 11 is 9.44. The molecule has 10 heteroatoms. The molecule has 0 saturated carbocycles. The van der Waals surface area contributed by atoms with Crippen molar-refractivity contribution < 1.29 is 18.0 Å². The number of hydrogen-bond acceptors (Lipinski definition) is 4. The maximum atomic E-state index is 12.9. The molecule has 0 fully saturated rings. The van der Waals surface area contributed by atoms with E-state index in [9.17, 15) is 18.0 Å². The molecule has 3 aromatic carbocycles. The quantitative estimate of drug-likeness (QED) is 0.412. The second kappa shape index (κ2) is 10.1. The molecule has 0 aliphatic heterocycles. The highest BCUT2D eigenvalue weighted by Crippen LogP contribution is 2.18. The van der Waals surface area contributed by atoms with Crippen molar-refractivity contribution in [1.29, 1.82) is 0 Å². The van der Waals surface area contributed by atoms with E-state index in [0.29, 0.717) is 11.3 Å². The van der Waals surface area contributed by atoms with Gasteiger partial charge in [0.25, 0.3) is 11.8 Å². The number of hydrogen-bond donors (Lipinski definition) is 3. The van der Waals surface area contributed by atoms with E-state index >= 15 is 0 Å². The molecule has 3 rings (SSSR count). The van der Waals surface area contributed by atoms with Crippen molar-refractivity contribution >= 4 is 61.1 Å². The molecule has 164 valence electrons. The molecule has 0 saturated heterocycles. The van der Waals surface area contributed by atoms with Crippen LogP contribution in [0.5, 0.6) is 0 Å². The molecule has 0 spiro atoms. The SMILES string of the molecule is NS(=O)(=O)c1ccc(NC(=O)/C(=C/c2ccc(Br)cc2)NC(=O)c2ccccc2Cl)cc1. The molecule has 0 unspecified atom stereocenters. The summed E-state index contributed by atoms with van der Waals surface area (Å²) in [5, 5.41) is 10.5. The zero-order valence-electron chi connectivity index (χ0n) is 16.4. The fourth-order valence-electron chi connectivity index (χ4n) is 2.65. The fraction of sp³-hybridized carbons (Fsp3) is 0. The summed E-state index contributed by atoms with van der Waals surface area (Å²) in [6, 6.07) is 18.9. The lowest BCUT2D eigenvalue weighted by Crippen LogP contribution is -2.31. The van der Waals surface area contributed by atoms with Crippen LogP contribution >= 0.6 is 27.5 Å². The van der Waals surface area contributed by atoms with E-state index in [-0.39, 0.29) is 21.2 Å². The van der Waals surface area contributed by atoms with Crippen LogP contribution in [0.1, 0.15) is 15.9 Å². The van der Waals surface area contributed by atoms with Crippen LogP contribution in [0, 0.1) is 0 Å². The summed E-state index contributed by atoms with van der Waals surface area (Å²) in [5.41, 5.74) is 1.16. The van der Waals surface area contributed by atoms with E-state index in [0.717, 1.165) is 4.47 Å². The van der Waals surface area contributed by atoms with Crippen molar-refractivity contribution in [1.82, 2.24) is 5.32 Å². The van der Waals surface area contributed by atoms with Crippen LogP contribution in [0.4, 0.5) is 5.69 Å². The van der Waals surface area contributed by atoms with Gasteiger partial charge in [-0.25, -0.2) is 13.6 Å². The summed E-state index contributed by atoms with van der Waals surface area (Å²) in [5.74, 6) is -1.17. The summed E-state index contributed by atoms with van der Waals surface area (Å²) in [4.78, 5) is 25.6. The van der Waals surface area contributed by atoms with Crippen molar-refractivity contribution in [3.8, 4) is 0 Å². The van der Waals surface area contributed by atoms with Gasteiger partial charge in [-0.1, -0.05) is 51.8 Å². The molecule has 0 aliphatic carbocycles. The number of carbonyl (C=O) groups excluding carboxylic acids is 2. The molecular weight excluding hydrogens is 518 g/mol. The molecule has 0 aromatic heterocycles. The Morgan fingerprint density at radius 2 is 1.56 bits per heavy atom. The summed E-state index contributed by atoms with van der Waals surface area (Å²) in [6.45, 7) is 0. The average Bonchev–Trinajstić information content (AvgIpc) is 2.74. The maximum Gasteiger partial charge on any atom is 0.272 e. The molecule has 7 nitrogen and oxygen atoms in total. The number of amides is 2. The summed E-state index contributed by atoms with van der Waals surface area (Å²) in [7, 11) is -3.86. The van der Waals surface area contributed by atoms with E-state index in [1.807, 2.05) is 0 Å². The van der Waals surface area contributed by atoms with Crippen LogP contribution < -0.4 is 15.8 Å². The Kier molecular flexibility index (Phi) is 7.47. The van der Waals surface area contributed by atoms with E-state index in [1.54, 1.807) is 48.5 Å². The highest BCUT2D eigenvalue weighted by Gasteiger charge is 2.17. The van der Waals surface area contributed by atoms with Crippen LogP contribution in [-0.4, -0.2) is 20.2 Å². The molecule has 0 bridgehead atoms. The van der Waals surface area contributed by atoms with Crippen LogP contribution in [0.25, 0.3) is 6.08 Å². The Balaban J connectivity index is 1.89. The Labute approximate surface area is 198 Å². The average molecular weight is 535 g/mol. The van der Waals surface area contributed by atoms with Crippen molar-refractivity contribution in [2.45, 2.75) is 4.90 Å². The first kappa shape index (κ1) is 23.7. The number of halogens is 2. The van der Waals surface area contributed by atoms with Crippen LogP contribution in [0.2, 0.25) is 5.02 Å². The van der Waals surface area contributed by atoms with Gasteiger partial charge >= 0.3 is 0 Å². The minimum absolute atomic E-state index is 0.0345. The van der Waals surface area contributed by atoms with Crippen LogP contribution in [0.15, 0.2) is 87.9 Å². The maximum absolute atomic E-state index is 12.9. The van der Waals surface area contributed by atoms with Gasteiger partial charge in [0.2, 0.25) is 10.0 Å². The molecular formula is C22H17BrClN3O4S. The van der Waals surface area contributed by atoms with Gasteiger partial charge in [0.1, 0.15) is 5.70 Å². The van der Waals surface area contributed by atoms with Crippen molar-refractivity contribution in [2.75, 3.05) is 5.32 Å². The summed E-state index contributed by atoms with van der Waals surface area (Å²) in [6.07, 6.45) is 1.51. The number of nitrogens with two attached hydrogens (primary N) is 1. The number of sulfonamides is 1. The van der Waals surface area contributed by atoms with Crippen molar-refractivity contribution in [3.63, 3.8) is 0 Å². The van der Waals surface area contributed by atoms with Crippen LogP contribution in [0.3, 0.4) is 0 Å². The first-order valence-electron chi connectivity index (χ1n) is 9.11. The standard InChI is InChI=1S/C22H17BrClN3O4S/c23-15-7-5-14(6-8-15)13-20(27-21(28)18-3-1-2-4-19(18)24)22(29)26-16-9-11-17(12-10-16)32(25,30)31/h1-13H,(H,26,29)(H,27,28)(H2,25,30,31)/b20-13-. The lowest BCUT2D eigenvalue weighted by Gasteiger charge is -2.12. The topological polar surface area (TPSA) is 118 Å². The van der Waals surface area contributed by atoms with Gasteiger partial charge in [-0.2, -0.15) is 0 Å². The van der Waals surface area contributed by atoms with Gasteiger partial charge in [0, 0.05) is 10.2 Å². The third-order valence-electron chi connectivity index (χ3n) is 4.23. The second-order valence-electron chi connectivity index (χ2n) is 6.57. The Hall–Kier alpha value is -2.98. The van der Waals surface area contributed by atoms with Crippen molar-refractivity contribution in [3.05, 3.63) is 99.1 Å². The number of benzene rings is 3. The largest absolute Gasteiger partial charge is 0.321 e. The first-order valence-corrected chi connectivity index (χ1v) is 11.8. The van der Waals surface area contributed by atoms with E-state index in [1.165, 1.54) is 30.3 Å². The van der Waals surface area contributed by atoms with Gasteiger partial charge in [0.05, 0.1) is 15.5 Å². The lowest BCUT2D eigenvalue weighted by molar-refractivity contribution is -0.113. The first-order chi connectivity index (χ1) is 15.1. The number of nitrogens with one attached hydrogen (secondary N) is 2. The van der Waals surface area contributed by atoms with Gasteiger partial charge in [-0.05, 0) is 60.2 Å². The zero-order chi connectivity index (χ0) is 23.3. The molecule has 0 atom stereocenters. The van der Waals surface area contributed by atoms with E-state index in [2.05, 4.69) is 26.6 Å². The normalized spacial score (nSPS) is 11.7. The van der Waals surface area contributed by atoms with Gasteiger partial charge in [0.15, 0.2) is 0 Å². The molecule has 2 amide bonds. The minimum Gasteiger partial charge on any atom is -0.321 e. The van der Waals surface area contributed by atoms with Crippen LogP contribution in [-0.2, 0) is 14.8 Å². The highest BCUT2D eigenvalue weighted by molar-refractivity contribution is 9.10. The van der Waals surface area contributed by atoms with Gasteiger partial charge < -0.3 is 10.6 Å². The number of rotatable bonds is 6. The number of primary sulfonamides is 1. The second-order valence-corrected chi connectivity index (χ2v) is 9.45. The third-order valence-corrected chi connectivity index (χ3v) is 6.02. The molecule has 0 aliphatic rings. The van der Waals surface area contributed by atoms with Gasteiger partial charge in [-0.3, -0.25) is 9.59 Å². The third kappa shape index (κ3) is 6.27. The minimum atomic E-state index is -3.86. The molecule has 32 heavy (non-hydrogen) atoms. The molecule has 0 heterocycles. The zero-order valence-corrected chi connectivity index (χ0v) is 19.5. The monoisotopic (exact) mass is 533 g/mol. The Morgan fingerprint density at radius 1 is 0.938 bits per heavy atom. The van der Waals surface area contributed by atoms with E-state index < -0.39 is 21.8 Å². The Bertz CT molecular complexity index is 1290. The van der Waals surface area contributed by atoms with E-state index in [4.69, 9.17) is 16.7 Å². The van der Waals surface area contributed by atoms with Gasteiger partial charge in [-0.15, -0.1) is 0 Å². The number of carbonyl (C=O) groups is 2. The van der Waals surface area contributed by atoms with Crippen molar-refractivity contribution in [2.24, 2.45) is 5.14 Å². The Morgan fingerprint density at radius 3 is 2.16 bits per heavy atom. The number of anilines is 1. The predicted octanol–water partition coefficient (Wildman–Crippen LogP) is 4.16. The molecule has 4 N–H and O–H groups in total. The summed E-state index contributed by atoms with van der Waals surface area (Å²) < 4.78 is 23.7. The lowest BCUT2D eigenvalue weighted by atomic mass is 10.1. The smallest absolute Gasteiger partial charge is 0.272 e. The molecule has 0 radical (unpaired) electrons. The highest BCUT2D eigenvalue weighted by atomic mass is 79.9. The predicted molar refractivity (Wildman–Crippen MR) is 127 cm³/mol. The fourth-order valence-corrected chi connectivity index (χ4v) is 3.65. The molecule has 3 aromatic rings.